The van der Waals surface area contributed by atoms with Gasteiger partial charge in [-0.1, -0.05) is 27.5 Å². The lowest BCUT2D eigenvalue weighted by Crippen LogP contribution is -2.19. The minimum absolute atomic E-state index is 0.0510. The van der Waals surface area contributed by atoms with Crippen LogP contribution in [0.4, 0.5) is 5.69 Å². The van der Waals surface area contributed by atoms with E-state index < -0.39 is 0 Å². The van der Waals surface area contributed by atoms with E-state index in [0.717, 1.165) is 35.8 Å². The van der Waals surface area contributed by atoms with Crippen LogP contribution in [0.2, 0.25) is 5.02 Å². The molecule has 1 N–H and O–H groups in total. The van der Waals surface area contributed by atoms with Gasteiger partial charge in [-0.2, -0.15) is 0 Å². The molecule has 18 heavy (non-hydrogen) atoms. The highest BCUT2D eigenvalue weighted by molar-refractivity contribution is 9.09. The molecule has 1 amide bonds. The molecule has 0 spiro atoms. The fourth-order valence-electron chi connectivity index (χ4n) is 1.87. The third kappa shape index (κ3) is 3.39. The van der Waals surface area contributed by atoms with E-state index in [1.54, 1.807) is 0 Å². The summed E-state index contributed by atoms with van der Waals surface area (Å²) in [5.74, 6) is 0.697. The van der Waals surface area contributed by atoms with Crippen molar-refractivity contribution in [3.63, 3.8) is 0 Å². The first-order valence-electron chi connectivity index (χ1n) is 6.01. The van der Waals surface area contributed by atoms with Crippen molar-refractivity contribution in [1.82, 2.24) is 0 Å². The van der Waals surface area contributed by atoms with Crippen molar-refractivity contribution in [2.45, 2.75) is 25.7 Å². The molecule has 2 rings (SSSR count). The van der Waals surface area contributed by atoms with Gasteiger partial charge in [0.1, 0.15) is 5.75 Å². The van der Waals surface area contributed by atoms with Gasteiger partial charge in [-0.05, 0) is 30.9 Å². The molecule has 1 aromatic carbocycles. The minimum atomic E-state index is 0.0510. The number of unbranched alkanes of at least 4 members (excludes halogenated alkanes) is 1. The number of halogens is 2. The number of ether oxygens (including phenoxy) is 1. The number of hydrogen-bond donors (Lipinski definition) is 1. The summed E-state index contributed by atoms with van der Waals surface area (Å²) in [4.78, 5) is 11.3. The molecule has 0 aliphatic carbocycles. The molecule has 0 fully saturated rings. The Kier molecular flexibility index (Phi) is 4.89. The molecule has 1 heterocycles. The van der Waals surface area contributed by atoms with Crippen molar-refractivity contribution >= 4 is 39.1 Å². The van der Waals surface area contributed by atoms with Gasteiger partial charge < -0.3 is 10.1 Å². The molecule has 0 bridgehead atoms. The van der Waals surface area contributed by atoms with Gasteiger partial charge in [0, 0.05) is 23.5 Å². The maximum atomic E-state index is 11.3. The highest BCUT2D eigenvalue weighted by atomic mass is 79.9. The molecule has 3 nitrogen and oxygen atoms in total. The first-order chi connectivity index (χ1) is 8.70. The molecule has 0 atom stereocenters. The second-order valence-corrected chi connectivity index (χ2v) is 5.43. The first kappa shape index (κ1) is 13.7. The number of rotatable bonds is 5. The Morgan fingerprint density at radius 3 is 2.94 bits per heavy atom. The number of fused-ring (bicyclic) bond motifs is 1. The maximum Gasteiger partial charge on any atom is 0.224 e. The van der Waals surface area contributed by atoms with Crippen molar-refractivity contribution in [3.05, 3.63) is 22.7 Å². The number of amides is 1. The van der Waals surface area contributed by atoms with Gasteiger partial charge in [0.15, 0.2) is 0 Å². The summed E-state index contributed by atoms with van der Waals surface area (Å²) in [5.41, 5.74) is 1.90. The van der Waals surface area contributed by atoms with Crippen molar-refractivity contribution < 1.29 is 9.53 Å². The Hall–Kier alpha value is -0.740. The summed E-state index contributed by atoms with van der Waals surface area (Å²) >= 11 is 9.54. The summed E-state index contributed by atoms with van der Waals surface area (Å²) in [6, 6.07) is 3.71. The van der Waals surface area contributed by atoms with Crippen LogP contribution in [0, 0.1) is 0 Å². The highest BCUT2D eigenvalue weighted by Gasteiger charge is 2.17. The summed E-state index contributed by atoms with van der Waals surface area (Å²) < 4.78 is 5.64. The Morgan fingerprint density at radius 1 is 1.33 bits per heavy atom. The van der Waals surface area contributed by atoms with E-state index in [1.807, 2.05) is 12.1 Å². The van der Waals surface area contributed by atoms with Gasteiger partial charge >= 0.3 is 0 Å². The van der Waals surface area contributed by atoms with Crippen LogP contribution < -0.4 is 10.1 Å². The zero-order chi connectivity index (χ0) is 13.0. The first-order valence-corrected chi connectivity index (χ1v) is 7.51. The van der Waals surface area contributed by atoms with Gasteiger partial charge in [-0.15, -0.1) is 0 Å². The zero-order valence-electron chi connectivity index (χ0n) is 9.97. The monoisotopic (exact) mass is 331 g/mol. The van der Waals surface area contributed by atoms with Crippen LogP contribution in [0.25, 0.3) is 0 Å². The number of aryl methyl sites for hydroxylation is 1. The molecule has 98 valence electrons. The Labute approximate surface area is 120 Å². The molecule has 1 aliphatic rings. The SMILES string of the molecule is O=C1CCc2cc(Cl)c(OCCCCBr)cc2N1. The lowest BCUT2D eigenvalue weighted by Gasteiger charge is -2.18. The largest absolute Gasteiger partial charge is 0.492 e. The summed E-state index contributed by atoms with van der Waals surface area (Å²) in [6.45, 7) is 0.637. The molecule has 0 aromatic heterocycles. The van der Waals surface area contributed by atoms with Crippen LogP contribution in [0.1, 0.15) is 24.8 Å². The van der Waals surface area contributed by atoms with Crippen LogP contribution in [-0.4, -0.2) is 17.8 Å². The number of carbonyl (C=O) groups is 1. The third-order valence-corrected chi connectivity index (χ3v) is 3.69. The van der Waals surface area contributed by atoms with Crippen molar-refractivity contribution in [2.75, 3.05) is 17.3 Å². The summed E-state index contributed by atoms with van der Waals surface area (Å²) in [5, 5.41) is 4.44. The summed E-state index contributed by atoms with van der Waals surface area (Å²) in [7, 11) is 0. The molecule has 1 aromatic rings. The summed E-state index contributed by atoms with van der Waals surface area (Å²) in [6.07, 6.45) is 3.31. The topological polar surface area (TPSA) is 38.3 Å². The van der Waals surface area contributed by atoms with E-state index in [4.69, 9.17) is 16.3 Å². The predicted molar refractivity (Wildman–Crippen MR) is 76.9 cm³/mol. The van der Waals surface area contributed by atoms with Crippen LogP contribution in [0.15, 0.2) is 12.1 Å². The smallest absolute Gasteiger partial charge is 0.224 e. The number of alkyl halides is 1. The quantitative estimate of drug-likeness (QED) is 0.658. The van der Waals surface area contributed by atoms with E-state index in [0.29, 0.717) is 23.8 Å². The lowest BCUT2D eigenvalue weighted by atomic mass is 10.0. The average Bonchev–Trinajstić information content (AvgIpc) is 2.35. The second-order valence-electron chi connectivity index (χ2n) is 4.23. The van der Waals surface area contributed by atoms with E-state index in [9.17, 15) is 4.79 Å². The fourth-order valence-corrected chi connectivity index (χ4v) is 2.51. The number of benzene rings is 1. The van der Waals surface area contributed by atoms with Gasteiger partial charge in [0.25, 0.3) is 0 Å². The molecule has 0 saturated carbocycles. The molecule has 5 heteroatoms. The molecule has 0 saturated heterocycles. The van der Waals surface area contributed by atoms with Gasteiger partial charge in [0.05, 0.1) is 11.6 Å². The molecular weight excluding hydrogens is 318 g/mol. The van der Waals surface area contributed by atoms with Crippen LogP contribution in [-0.2, 0) is 11.2 Å². The minimum Gasteiger partial charge on any atom is -0.492 e. The number of carbonyl (C=O) groups excluding carboxylic acids is 1. The van der Waals surface area contributed by atoms with Gasteiger partial charge in [0.2, 0.25) is 5.91 Å². The maximum absolute atomic E-state index is 11.3. The predicted octanol–water partition coefficient (Wildman–Crippen LogP) is 3.78. The molecule has 0 unspecified atom stereocenters. The Bertz CT molecular complexity index is 451. The lowest BCUT2D eigenvalue weighted by molar-refractivity contribution is -0.116. The average molecular weight is 333 g/mol. The highest BCUT2D eigenvalue weighted by Crippen LogP contribution is 2.34. The zero-order valence-corrected chi connectivity index (χ0v) is 12.3. The van der Waals surface area contributed by atoms with Crippen molar-refractivity contribution in [1.29, 1.82) is 0 Å². The number of anilines is 1. The fraction of sp³-hybridized carbons (Fsp3) is 0.462. The van der Waals surface area contributed by atoms with E-state index in [2.05, 4.69) is 21.2 Å². The van der Waals surface area contributed by atoms with Crippen LogP contribution in [0.5, 0.6) is 5.75 Å². The standard InChI is InChI=1S/C13H15BrClNO2/c14-5-1-2-6-18-12-8-11-9(7-10(12)15)3-4-13(17)16-11/h7-8H,1-6H2,(H,16,17). The Balaban J connectivity index is 2.06. The van der Waals surface area contributed by atoms with E-state index in [-0.39, 0.29) is 5.91 Å². The van der Waals surface area contributed by atoms with Gasteiger partial charge in [-0.3, -0.25) is 4.79 Å². The van der Waals surface area contributed by atoms with E-state index in [1.165, 1.54) is 0 Å². The second kappa shape index (κ2) is 6.43. The van der Waals surface area contributed by atoms with E-state index >= 15 is 0 Å². The molecular formula is C13H15BrClNO2. The molecule has 0 radical (unpaired) electrons. The normalized spacial score (nSPS) is 14.0. The van der Waals surface area contributed by atoms with Crippen LogP contribution in [0.3, 0.4) is 0 Å². The molecule has 1 aliphatic heterocycles. The van der Waals surface area contributed by atoms with Gasteiger partial charge in [-0.25, -0.2) is 0 Å². The third-order valence-electron chi connectivity index (χ3n) is 2.84. The van der Waals surface area contributed by atoms with Crippen molar-refractivity contribution in [2.24, 2.45) is 0 Å². The Morgan fingerprint density at radius 2 is 2.17 bits per heavy atom. The number of nitrogens with one attached hydrogen (secondary N) is 1. The number of hydrogen-bond acceptors (Lipinski definition) is 2. The van der Waals surface area contributed by atoms with Crippen LogP contribution >= 0.6 is 27.5 Å². The van der Waals surface area contributed by atoms with Crippen molar-refractivity contribution in [3.8, 4) is 5.75 Å².